The van der Waals surface area contributed by atoms with Crippen molar-refractivity contribution in [2.75, 3.05) is 0 Å². The molecule has 0 aliphatic rings. The predicted octanol–water partition coefficient (Wildman–Crippen LogP) is 5.40. The quantitative estimate of drug-likeness (QED) is 0.660. The first-order chi connectivity index (χ1) is 9.13. The largest absolute Gasteiger partial charge is 0.204 e. The molecule has 0 nitrogen and oxygen atoms in total. The van der Waals surface area contributed by atoms with E-state index in [1.807, 2.05) is 24.3 Å². The average molecular weight is 325 g/mol. The second-order valence-corrected chi connectivity index (χ2v) is 5.41. The van der Waals surface area contributed by atoms with Crippen molar-refractivity contribution in [3.8, 4) is 0 Å². The van der Waals surface area contributed by atoms with Crippen LogP contribution in [0.1, 0.15) is 34.9 Å². The highest BCUT2D eigenvalue weighted by Gasteiger charge is 2.17. The molecule has 2 aromatic rings. The minimum atomic E-state index is -0.815. The van der Waals surface area contributed by atoms with Gasteiger partial charge in [0.05, 0.1) is 4.83 Å². The Bertz CT molecular complexity index is 549. The van der Waals surface area contributed by atoms with E-state index in [4.69, 9.17) is 0 Å². The highest BCUT2D eigenvalue weighted by Crippen LogP contribution is 2.33. The molecule has 0 radical (unpaired) electrons. The molecule has 0 amide bonds. The number of benzene rings is 2. The number of hydrogen-bond acceptors (Lipinski definition) is 0. The van der Waals surface area contributed by atoms with E-state index in [2.05, 4.69) is 22.9 Å². The average Bonchev–Trinajstić information content (AvgIpc) is 2.42. The lowest BCUT2D eigenvalue weighted by atomic mass is 10.0. The minimum absolute atomic E-state index is 0.322. The third-order valence-corrected chi connectivity index (χ3v) is 4.09. The Hall–Kier alpha value is -1.22. The van der Waals surface area contributed by atoms with Gasteiger partial charge in [0, 0.05) is 5.56 Å². The van der Waals surface area contributed by atoms with Gasteiger partial charge >= 0.3 is 0 Å². The van der Waals surface area contributed by atoms with Gasteiger partial charge in [-0.1, -0.05) is 65.7 Å². The summed E-state index contributed by atoms with van der Waals surface area (Å²) in [6.07, 6.45) is 2.12. The molecule has 0 heterocycles. The van der Waals surface area contributed by atoms with Crippen molar-refractivity contribution in [2.45, 2.75) is 24.6 Å². The Balaban J connectivity index is 2.28. The Morgan fingerprint density at radius 1 is 1.05 bits per heavy atom. The van der Waals surface area contributed by atoms with E-state index in [-0.39, 0.29) is 4.83 Å². The molecule has 2 aromatic carbocycles. The Morgan fingerprint density at radius 3 is 2.37 bits per heavy atom. The van der Waals surface area contributed by atoms with E-state index in [0.29, 0.717) is 5.56 Å². The third-order valence-electron chi connectivity index (χ3n) is 3.07. The Kier molecular flexibility index (Phi) is 4.70. The molecule has 0 bridgehead atoms. The molecule has 0 fully saturated rings. The smallest absolute Gasteiger partial charge is 0.163 e. The molecular formula is C16H15BrF2. The van der Waals surface area contributed by atoms with Crippen LogP contribution in [0.5, 0.6) is 0 Å². The molecule has 0 saturated carbocycles. The van der Waals surface area contributed by atoms with Gasteiger partial charge in [0.2, 0.25) is 0 Å². The van der Waals surface area contributed by atoms with Gasteiger partial charge < -0.3 is 0 Å². The van der Waals surface area contributed by atoms with E-state index in [9.17, 15) is 8.78 Å². The van der Waals surface area contributed by atoms with Crippen LogP contribution in [0.3, 0.4) is 0 Å². The summed E-state index contributed by atoms with van der Waals surface area (Å²) in [5, 5.41) is 0. The summed E-state index contributed by atoms with van der Waals surface area (Å²) in [6, 6.07) is 12.2. The Morgan fingerprint density at radius 2 is 1.74 bits per heavy atom. The van der Waals surface area contributed by atoms with Crippen molar-refractivity contribution in [3.63, 3.8) is 0 Å². The maximum atomic E-state index is 13.7. The van der Waals surface area contributed by atoms with Crippen molar-refractivity contribution in [1.82, 2.24) is 0 Å². The van der Waals surface area contributed by atoms with Gasteiger partial charge in [-0.25, -0.2) is 8.78 Å². The fourth-order valence-corrected chi connectivity index (χ4v) is 2.70. The van der Waals surface area contributed by atoms with Gasteiger partial charge in [-0.3, -0.25) is 0 Å². The van der Waals surface area contributed by atoms with Crippen LogP contribution >= 0.6 is 15.9 Å². The summed E-state index contributed by atoms with van der Waals surface area (Å²) < 4.78 is 27.0. The second-order valence-electron chi connectivity index (χ2n) is 4.50. The molecule has 0 aromatic heterocycles. The zero-order chi connectivity index (χ0) is 13.8. The lowest BCUT2D eigenvalue weighted by Gasteiger charge is -2.12. The molecule has 19 heavy (non-hydrogen) atoms. The van der Waals surface area contributed by atoms with Crippen LogP contribution in [0.15, 0.2) is 42.5 Å². The van der Waals surface area contributed by atoms with E-state index in [1.54, 1.807) is 6.07 Å². The van der Waals surface area contributed by atoms with Crippen LogP contribution in [0, 0.1) is 11.6 Å². The van der Waals surface area contributed by atoms with Gasteiger partial charge in [-0.05, 0) is 23.6 Å². The molecule has 0 spiro atoms. The molecule has 1 unspecified atom stereocenters. The van der Waals surface area contributed by atoms with Crippen LogP contribution in [0.4, 0.5) is 8.78 Å². The first-order valence-electron chi connectivity index (χ1n) is 6.30. The van der Waals surface area contributed by atoms with E-state index in [1.165, 1.54) is 11.6 Å². The molecule has 0 saturated heterocycles. The number of alkyl halides is 1. The van der Waals surface area contributed by atoms with Gasteiger partial charge in [-0.2, -0.15) is 0 Å². The topological polar surface area (TPSA) is 0 Å². The maximum Gasteiger partial charge on any atom is 0.163 e. The molecule has 100 valence electrons. The van der Waals surface area contributed by atoms with Crippen molar-refractivity contribution in [2.24, 2.45) is 0 Å². The van der Waals surface area contributed by atoms with Crippen LogP contribution in [0.2, 0.25) is 0 Å². The lowest BCUT2D eigenvalue weighted by Crippen LogP contribution is -1.99. The number of halogens is 3. The summed E-state index contributed by atoms with van der Waals surface area (Å²) >= 11 is 3.44. The van der Waals surface area contributed by atoms with Crippen LogP contribution < -0.4 is 0 Å². The monoisotopic (exact) mass is 324 g/mol. The van der Waals surface area contributed by atoms with Crippen LogP contribution in [-0.4, -0.2) is 0 Å². The number of aryl methyl sites for hydroxylation is 1. The first-order valence-corrected chi connectivity index (χ1v) is 7.22. The minimum Gasteiger partial charge on any atom is -0.204 e. The van der Waals surface area contributed by atoms with Crippen molar-refractivity contribution < 1.29 is 8.78 Å². The lowest BCUT2D eigenvalue weighted by molar-refractivity contribution is 0.500. The van der Waals surface area contributed by atoms with Gasteiger partial charge in [0.1, 0.15) is 0 Å². The SMILES string of the molecule is CCCc1ccc(C(Br)c2cccc(F)c2F)cc1. The first kappa shape index (κ1) is 14.2. The van der Waals surface area contributed by atoms with E-state index < -0.39 is 11.6 Å². The van der Waals surface area contributed by atoms with Gasteiger partial charge in [0.25, 0.3) is 0 Å². The van der Waals surface area contributed by atoms with Gasteiger partial charge in [0.15, 0.2) is 11.6 Å². The second kappa shape index (κ2) is 6.29. The summed E-state index contributed by atoms with van der Waals surface area (Å²) in [4.78, 5) is -0.334. The summed E-state index contributed by atoms with van der Waals surface area (Å²) in [6.45, 7) is 2.13. The molecule has 2 rings (SSSR count). The number of hydrogen-bond donors (Lipinski definition) is 0. The molecule has 0 aliphatic carbocycles. The van der Waals surface area contributed by atoms with Crippen molar-refractivity contribution in [1.29, 1.82) is 0 Å². The summed E-state index contributed by atoms with van der Waals surface area (Å²) in [5.74, 6) is -1.61. The molecule has 0 aliphatic heterocycles. The Labute approximate surface area is 120 Å². The van der Waals surface area contributed by atoms with E-state index >= 15 is 0 Å². The molecular weight excluding hydrogens is 310 g/mol. The summed E-state index contributed by atoms with van der Waals surface area (Å²) in [5.41, 5.74) is 2.50. The highest BCUT2D eigenvalue weighted by molar-refractivity contribution is 9.09. The fraction of sp³-hybridized carbons (Fsp3) is 0.250. The van der Waals surface area contributed by atoms with E-state index in [0.717, 1.165) is 24.5 Å². The molecule has 0 N–H and O–H groups in total. The fourth-order valence-electron chi connectivity index (χ4n) is 2.04. The molecule has 3 heteroatoms. The van der Waals surface area contributed by atoms with Crippen molar-refractivity contribution >= 4 is 15.9 Å². The standard InChI is InChI=1S/C16H15BrF2/c1-2-4-11-7-9-12(10-8-11)15(17)13-5-3-6-14(18)16(13)19/h3,5-10,15H,2,4H2,1H3. The maximum absolute atomic E-state index is 13.7. The van der Waals surface area contributed by atoms with Crippen molar-refractivity contribution in [3.05, 3.63) is 70.8 Å². The zero-order valence-electron chi connectivity index (χ0n) is 10.7. The molecule has 1 atom stereocenters. The normalized spacial score (nSPS) is 12.4. The predicted molar refractivity (Wildman–Crippen MR) is 77.6 cm³/mol. The summed E-state index contributed by atoms with van der Waals surface area (Å²) in [7, 11) is 0. The zero-order valence-corrected chi connectivity index (χ0v) is 12.3. The van der Waals surface area contributed by atoms with Crippen LogP contribution in [0.25, 0.3) is 0 Å². The number of rotatable bonds is 4. The van der Waals surface area contributed by atoms with Crippen LogP contribution in [-0.2, 0) is 6.42 Å². The third kappa shape index (κ3) is 3.21. The van der Waals surface area contributed by atoms with Gasteiger partial charge in [-0.15, -0.1) is 0 Å². The highest BCUT2D eigenvalue weighted by atomic mass is 79.9.